The predicted octanol–water partition coefficient (Wildman–Crippen LogP) is 1.17. The second kappa shape index (κ2) is 8.85. The molecule has 0 bridgehead atoms. The lowest BCUT2D eigenvalue weighted by atomic mass is 10.2. The SMILES string of the molecule is O=C(CCN1C(=O)COc2ccccc21)NNC(=O)COc1ccc(F)cc1. The molecule has 0 saturated heterocycles. The standard InChI is InChI=1S/C19H18FN3O5/c20-13-5-7-14(8-6-13)27-11-18(25)22-21-17(24)9-10-23-15-3-1-2-4-16(15)28-12-19(23)26/h1-8H,9-12H2,(H,21,24)(H,22,25). The molecule has 0 spiro atoms. The molecule has 0 fully saturated rings. The van der Waals surface area contributed by atoms with E-state index in [1.54, 1.807) is 24.3 Å². The van der Waals surface area contributed by atoms with Crippen LogP contribution in [-0.2, 0) is 14.4 Å². The molecule has 0 aromatic heterocycles. The van der Waals surface area contributed by atoms with Gasteiger partial charge in [0.05, 0.1) is 5.69 Å². The number of nitrogens with zero attached hydrogens (tertiary/aromatic N) is 1. The Bertz CT molecular complexity index is 872. The summed E-state index contributed by atoms with van der Waals surface area (Å²) in [7, 11) is 0. The van der Waals surface area contributed by atoms with Crippen LogP contribution in [0.1, 0.15) is 6.42 Å². The minimum atomic E-state index is -0.578. The van der Waals surface area contributed by atoms with Crippen LogP contribution in [0.5, 0.6) is 11.5 Å². The first-order chi connectivity index (χ1) is 13.5. The van der Waals surface area contributed by atoms with Gasteiger partial charge in [0.1, 0.15) is 17.3 Å². The van der Waals surface area contributed by atoms with Crippen LogP contribution in [0.2, 0.25) is 0 Å². The van der Waals surface area contributed by atoms with Crippen molar-refractivity contribution >= 4 is 23.4 Å². The zero-order chi connectivity index (χ0) is 19.9. The van der Waals surface area contributed by atoms with Gasteiger partial charge in [0.25, 0.3) is 11.8 Å². The fourth-order valence-electron chi connectivity index (χ4n) is 2.53. The number of ether oxygens (including phenoxy) is 2. The van der Waals surface area contributed by atoms with E-state index >= 15 is 0 Å². The Kier molecular flexibility index (Phi) is 6.05. The molecule has 1 heterocycles. The molecule has 28 heavy (non-hydrogen) atoms. The van der Waals surface area contributed by atoms with Crippen molar-refractivity contribution in [3.8, 4) is 11.5 Å². The van der Waals surface area contributed by atoms with Crippen LogP contribution >= 0.6 is 0 Å². The smallest absolute Gasteiger partial charge is 0.276 e. The Balaban J connectivity index is 1.41. The highest BCUT2D eigenvalue weighted by atomic mass is 19.1. The molecular formula is C19H18FN3O5. The molecule has 0 unspecified atom stereocenters. The van der Waals surface area contributed by atoms with Crippen molar-refractivity contribution in [1.29, 1.82) is 0 Å². The average molecular weight is 387 g/mol. The number of para-hydroxylation sites is 2. The number of hydrazine groups is 1. The fraction of sp³-hybridized carbons (Fsp3) is 0.211. The summed E-state index contributed by atoms with van der Waals surface area (Å²) in [6.45, 7) is -0.287. The van der Waals surface area contributed by atoms with E-state index in [1.165, 1.54) is 29.2 Å². The summed E-state index contributed by atoms with van der Waals surface area (Å²) in [5.74, 6) is -0.799. The lowest BCUT2D eigenvalue weighted by molar-refractivity contribution is -0.130. The molecule has 146 valence electrons. The maximum atomic E-state index is 12.8. The van der Waals surface area contributed by atoms with Crippen molar-refractivity contribution in [2.75, 3.05) is 24.7 Å². The number of amides is 3. The quantitative estimate of drug-likeness (QED) is 0.726. The average Bonchev–Trinajstić information content (AvgIpc) is 2.71. The molecule has 8 nitrogen and oxygen atoms in total. The van der Waals surface area contributed by atoms with Gasteiger partial charge in [0.15, 0.2) is 13.2 Å². The highest BCUT2D eigenvalue weighted by molar-refractivity contribution is 5.98. The zero-order valence-corrected chi connectivity index (χ0v) is 14.8. The number of nitrogens with one attached hydrogen (secondary N) is 2. The van der Waals surface area contributed by atoms with Gasteiger partial charge in [-0.25, -0.2) is 4.39 Å². The van der Waals surface area contributed by atoms with Crippen LogP contribution in [0.4, 0.5) is 10.1 Å². The third kappa shape index (κ3) is 4.97. The van der Waals surface area contributed by atoms with Gasteiger partial charge < -0.3 is 14.4 Å². The number of halogens is 1. The first-order valence-corrected chi connectivity index (χ1v) is 8.51. The molecule has 9 heteroatoms. The number of carbonyl (C=O) groups excluding carboxylic acids is 3. The normalized spacial score (nSPS) is 12.6. The molecule has 0 aliphatic carbocycles. The molecule has 3 rings (SSSR count). The second-order valence-electron chi connectivity index (χ2n) is 5.89. The van der Waals surface area contributed by atoms with Crippen LogP contribution in [0, 0.1) is 5.82 Å². The lowest BCUT2D eigenvalue weighted by Crippen LogP contribution is -2.46. The molecule has 0 atom stereocenters. The highest BCUT2D eigenvalue weighted by Gasteiger charge is 2.25. The minimum absolute atomic E-state index is 0.0147. The molecule has 1 aliphatic rings. The van der Waals surface area contributed by atoms with Gasteiger partial charge >= 0.3 is 0 Å². The van der Waals surface area contributed by atoms with Gasteiger partial charge in [-0.1, -0.05) is 12.1 Å². The maximum absolute atomic E-state index is 12.8. The minimum Gasteiger partial charge on any atom is -0.484 e. The number of anilines is 1. The summed E-state index contributed by atoms with van der Waals surface area (Å²) < 4.78 is 23.3. The summed E-state index contributed by atoms with van der Waals surface area (Å²) in [6, 6.07) is 12.2. The Morgan fingerprint density at radius 3 is 2.57 bits per heavy atom. The zero-order valence-electron chi connectivity index (χ0n) is 14.8. The number of hydrogen-bond acceptors (Lipinski definition) is 5. The topological polar surface area (TPSA) is 97.0 Å². The van der Waals surface area contributed by atoms with Crippen LogP contribution in [-0.4, -0.2) is 37.5 Å². The summed E-state index contributed by atoms with van der Waals surface area (Å²) in [5.41, 5.74) is 5.08. The van der Waals surface area contributed by atoms with Gasteiger partial charge in [-0.05, 0) is 36.4 Å². The molecule has 0 saturated carbocycles. The van der Waals surface area contributed by atoms with Gasteiger partial charge in [-0.2, -0.15) is 0 Å². The maximum Gasteiger partial charge on any atom is 0.276 e. The van der Waals surface area contributed by atoms with Crippen molar-refractivity contribution in [2.24, 2.45) is 0 Å². The van der Waals surface area contributed by atoms with E-state index in [0.717, 1.165) is 0 Å². The predicted molar refractivity (Wildman–Crippen MR) is 97.1 cm³/mol. The Morgan fingerprint density at radius 1 is 1.07 bits per heavy atom. The van der Waals surface area contributed by atoms with E-state index in [2.05, 4.69) is 10.9 Å². The molecule has 1 aliphatic heterocycles. The Labute approximate surface area is 160 Å². The van der Waals surface area contributed by atoms with Gasteiger partial charge in [0, 0.05) is 13.0 Å². The van der Waals surface area contributed by atoms with Gasteiger partial charge in [-0.15, -0.1) is 0 Å². The van der Waals surface area contributed by atoms with Crippen molar-refractivity contribution in [2.45, 2.75) is 6.42 Å². The first-order valence-electron chi connectivity index (χ1n) is 8.51. The van der Waals surface area contributed by atoms with Crippen LogP contribution in [0.25, 0.3) is 0 Å². The van der Waals surface area contributed by atoms with E-state index < -0.39 is 17.6 Å². The van der Waals surface area contributed by atoms with Crippen LogP contribution in [0.15, 0.2) is 48.5 Å². The van der Waals surface area contributed by atoms with Crippen LogP contribution in [0.3, 0.4) is 0 Å². The largest absolute Gasteiger partial charge is 0.484 e. The van der Waals surface area contributed by atoms with E-state index in [9.17, 15) is 18.8 Å². The summed E-state index contributed by atoms with van der Waals surface area (Å²) in [4.78, 5) is 37.2. The summed E-state index contributed by atoms with van der Waals surface area (Å²) >= 11 is 0. The monoisotopic (exact) mass is 387 g/mol. The Morgan fingerprint density at radius 2 is 1.79 bits per heavy atom. The molecule has 2 aromatic rings. The first kappa shape index (κ1) is 19.2. The highest BCUT2D eigenvalue weighted by Crippen LogP contribution is 2.31. The van der Waals surface area contributed by atoms with E-state index in [-0.39, 0.29) is 32.1 Å². The number of carbonyl (C=O) groups is 3. The molecule has 2 aromatic carbocycles. The van der Waals surface area contributed by atoms with E-state index in [0.29, 0.717) is 17.2 Å². The van der Waals surface area contributed by atoms with E-state index in [1.807, 2.05) is 0 Å². The number of hydrogen-bond donors (Lipinski definition) is 2. The number of rotatable bonds is 6. The molecular weight excluding hydrogens is 369 g/mol. The van der Waals surface area contributed by atoms with Crippen molar-refractivity contribution in [3.63, 3.8) is 0 Å². The third-order valence-corrected chi connectivity index (χ3v) is 3.90. The van der Waals surface area contributed by atoms with Gasteiger partial charge in [0.2, 0.25) is 5.91 Å². The fourth-order valence-corrected chi connectivity index (χ4v) is 2.53. The van der Waals surface area contributed by atoms with Gasteiger partial charge in [-0.3, -0.25) is 25.2 Å². The molecule has 3 amide bonds. The second-order valence-corrected chi connectivity index (χ2v) is 5.89. The van der Waals surface area contributed by atoms with Crippen molar-refractivity contribution in [3.05, 3.63) is 54.3 Å². The Hall–Kier alpha value is -3.62. The third-order valence-electron chi connectivity index (χ3n) is 3.90. The number of fused-ring (bicyclic) bond motifs is 1. The van der Waals surface area contributed by atoms with Crippen molar-refractivity contribution < 1.29 is 28.2 Å². The number of benzene rings is 2. The summed E-state index contributed by atoms with van der Waals surface area (Å²) in [5, 5.41) is 0. The van der Waals surface area contributed by atoms with E-state index in [4.69, 9.17) is 9.47 Å². The summed E-state index contributed by atoms with van der Waals surface area (Å²) in [6.07, 6.45) is -0.0147. The molecule has 2 N–H and O–H groups in total. The van der Waals surface area contributed by atoms with Crippen LogP contribution < -0.4 is 25.2 Å². The molecule has 0 radical (unpaired) electrons. The van der Waals surface area contributed by atoms with Crippen molar-refractivity contribution in [1.82, 2.24) is 10.9 Å². The lowest BCUT2D eigenvalue weighted by Gasteiger charge is -2.29.